The molecule has 0 saturated carbocycles. The summed E-state index contributed by atoms with van der Waals surface area (Å²) in [5, 5.41) is 13.9. The fraction of sp³-hybridized carbons (Fsp3) is 0.312. The molecule has 1 aromatic carbocycles. The van der Waals surface area contributed by atoms with Crippen molar-refractivity contribution in [2.24, 2.45) is 5.92 Å². The minimum Gasteiger partial charge on any atom is -0.481 e. The highest BCUT2D eigenvalue weighted by atomic mass is 16.4. The number of fused-ring (bicyclic) bond motifs is 1. The molecule has 0 aliphatic carbocycles. The molecule has 114 valence electrons. The monoisotopic (exact) mass is 299 g/mol. The quantitative estimate of drug-likeness (QED) is 0.892. The van der Waals surface area contributed by atoms with Crippen molar-refractivity contribution in [1.29, 1.82) is 0 Å². The zero-order valence-corrected chi connectivity index (χ0v) is 12.0. The Balaban J connectivity index is 1.71. The van der Waals surface area contributed by atoms with Crippen molar-refractivity contribution >= 4 is 28.5 Å². The molecule has 0 radical (unpaired) electrons. The Morgan fingerprint density at radius 3 is 2.95 bits per heavy atom. The van der Waals surface area contributed by atoms with Crippen LogP contribution < -0.4 is 5.32 Å². The van der Waals surface area contributed by atoms with Crippen molar-refractivity contribution in [3.05, 3.63) is 36.7 Å². The van der Waals surface area contributed by atoms with E-state index < -0.39 is 11.9 Å². The Morgan fingerprint density at radius 1 is 1.27 bits per heavy atom. The number of hydrogen-bond donors (Lipinski definition) is 2. The maximum absolute atomic E-state index is 12.3. The summed E-state index contributed by atoms with van der Waals surface area (Å²) in [6.07, 6.45) is 4.81. The molecule has 6 heteroatoms. The largest absolute Gasteiger partial charge is 0.481 e. The molecule has 2 amide bonds. The molecule has 0 bridgehead atoms. The third-order valence-electron chi connectivity index (χ3n) is 3.95. The average molecular weight is 299 g/mol. The zero-order chi connectivity index (χ0) is 15.5. The van der Waals surface area contributed by atoms with Gasteiger partial charge in [0.2, 0.25) is 0 Å². The van der Waals surface area contributed by atoms with Gasteiger partial charge in [0, 0.05) is 36.6 Å². The highest BCUT2D eigenvalue weighted by Crippen LogP contribution is 2.20. The van der Waals surface area contributed by atoms with Crippen LogP contribution in [0.2, 0.25) is 0 Å². The van der Waals surface area contributed by atoms with Crippen LogP contribution in [0.4, 0.5) is 10.5 Å². The van der Waals surface area contributed by atoms with Crippen LogP contribution in [0.1, 0.15) is 12.8 Å². The topological polar surface area (TPSA) is 82.5 Å². The molecule has 0 spiro atoms. The standard InChI is InChI=1S/C16H17N3O3/c20-15(21)13-2-1-7-19(10-13)16(22)18-14-4-3-12-9-17-6-5-11(12)8-14/h3-6,8-9,13H,1-2,7,10H2,(H,18,22)(H,20,21). The molecule has 1 saturated heterocycles. The van der Waals surface area contributed by atoms with Gasteiger partial charge in [0.1, 0.15) is 0 Å². The van der Waals surface area contributed by atoms with Gasteiger partial charge in [-0.1, -0.05) is 6.07 Å². The lowest BCUT2D eigenvalue weighted by atomic mass is 9.99. The minimum absolute atomic E-state index is 0.251. The number of carbonyl (C=O) groups excluding carboxylic acids is 1. The maximum atomic E-state index is 12.3. The van der Waals surface area contributed by atoms with Crippen molar-refractivity contribution in [3.8, 4) is 0 Å². The third-order valence-corrected chi connectivity index (χ3v) is 3.95. The number of rotatable bonds is 2. The molecule has 1 atom stereocenters. The number of carbonyl (C=O) groups is 2. The van der Waals surface area contributed by atoms with Crippen LogP contribution in [0.15, 0.2) is 36.7 Å². The summed E-state index contributed by atoms with van der Waals surface area (Å²) in [6, 6.07) is 7.23. The maximum Gasteiger partial charge on any atom is 0.321 e. The van der Waals surface area contributed by atoms with Gasteiger partial charge >= 0.3 is 12.0 Å². The van der Waals surface area contributed by atoms with Gasteiger partial charge in [-0.2, -0.15) is 0 Å². The summed E-state index contributed by atoms with van der Waals surface area (Å²) in [5.41, 5.74) is 0.696. The molecule has 22 heavy (non-hydrogen) atoms. The summed E-state index contributed by atoms with van der Waals surface area (Å²) in [4.78, 5) is 29.0. The van der Waals surface area contributed by atoms with Gasteiger partial charge in [0.25, 0.3) is 0 Å². The molecule has 2 aromatic rings. The molecule has 1 unspecified atom stereocenters. The van der Waals surface area contributed by atoms with Gasteiger partial charge in [0.15, 0.2) is 0 Å². The first kappa shape index (κ1) is 14.3. The lowest BCUT2D eigenvalue weighted by Gasteiger charge is -2.30. The SMILES string of the molecule is O=C(O)C1CCCN(C(=O)Nc2ccc3cnccc3c2)C1. The molecular weight excluding hydrogens is 282 g/mol. The first-order chi connectivity index (χ1) is 10.6. The van der Waals surface area contributed by atoms with E-state index in [1.165, 1.54) is 0 Å². The molecule has 2 heterocycles. The normalized spacial score (nSPS) is 18.2. The molecule has 1 aliphatic heterocycles. The number of likely N-dealkylation sites (tertiary alicyclic amines) is 1. The van der Waals surface area contributed by atoms with Crippen LogP contribution in [0.25, 0.3) is 10.8 Å². The van der Waals surface area contributed by atoms with E-state index in [1.54, 1.807) is 17.3 Å². The molecule has 2 N–H and O–H groups in total. The second-order valence-electron chi connectivity index (χ2n) is 5.49. The number of aliphatic carboxylic acids is 1. The Labute approximate surface area is 127 Å². The van der Waals surface area contributed by atoms with Crippen molar-refractivity contribution in [2.45, 2.75) is 12.8 Å². The summed E-state index contributed by atoms with van der Waals surface area (Å²) in [7, 11) is 0. The van der Waals surface area contributed by atoms with Gasteiger partial charge in [-0.3, -0.25) is 9.78 Å². The Bertz CT molecular complexity index is 717. The zero-order valence-electron chi connectivity index (χ0n) is 12.0. The Hall–Kier alpha value is -2.63. The predicted octanol–water partition coefficient (Wildman–Crippen LogP) is 2.56. The first-order valence-electron chi connectivity index (χ1n) is 7.26. The van der Waals surface area contributed by atoms with Crippen LogP contribution in [-0.2, 0) is 4.79 Å². The van der Waals surface area contributed by atoms with Crippen LogP contribution in [0.3, 0.4) is 0 Å². The molecule has 1 aliphatic rings. The molecule has 1 fully saturated rings. The summed E-state index contributed by atoms with van der Waals surface area (Å²) in [6.45, 7) is 0.853. The van der Waals surface area contributed by atoms with Crippen molar-refractivity contribution < 1.29 is 14.7 Å². The number of piperidine rings is 1. The number of carboxylic acids is 1. The molecule has 6 nitrogen and oxygen atoms in total. The van der Waals surface area contributed by atoms with Crippen molar-refractivity contribution in [2.75, 3.05) is 18.4 Å². The highest BCUT2D eigenvalue weighted by Gasteiger charge is 2.28. The number of nitrogens with one attached hydrogen (secondary N) is 1. The van der Waals surface area contributed by atoms with Crippen molar-refractivity contribution in [1.82, 2.24) is 9.88 Å². The van der Waals surface area contributed by atoms with Gasteiger partial charge in [0.05, 0.1) is 5.92 Å². The van der Waals surface area contributed by atoms with Gasteiger partial charge in [-0.15, -0.1) is 0 Å². The van der Waals surface area contributed by atoms with Crippen LogP contribution >= 0.6 is 0 Å². The summed E-state index contributed by atoms with van der Waals surface area (Å²) >= 11 is 0. The second kappa shape index (κ2) is 6.01. The summed E-state index contributed by atoms with van der Waals surface area (Å²) in [5.74, 6) is -1.31. The van der Waals surface area contributed by atoms with E-state index in [2.05, 4.69) is 10.3 Å². The molecule has 1 aromatic heterocycles. The number of aromatic nitrogens is 1. The van der Waals surface area contributed by atoms with E-state index in [9.17, 15) is 9.59 Å². The number of pyridine rings is 1. The van der Waals surface area contributed by atoms with E-state index in [4.69, 9.17) is 5.11 Å². The van der Waals surface area contributed by atoms with Crippen LogP contribution in [-0.4, -0.2) is 40.1 Å². The lowest BCUT2D eigenvalue weighted by Crippen LogP contribution is -2.44. The smallest absolute Gasteiger partial charge is 0.321 e. The average Bonchev–Trinajstić information content (AvgIpc) is 2.55. The number of anilines is 1. The first-order valence-corrected chi connectivity index (χ1v) is 7.26. The van der Waals surface area contributed by atoms with Crippen LogP contribution in [0.5, 0.6) is 0 Å². The summed E-state index contributed by atoms with van der Waals surface area (Å²) < 4.78 is 0. The van der Waals surface area contributed by atoms with E-state index >= 15 is 0 Å². The number of hydrogen-bond acceptors (Lipinski definition) is 3. The number of urea groups is 1. The third kappa shape index (κ3) is 3.00. The minimum atomic E-state index is -0.837. The van der Waals surface area contributed by atoms with Gasteiger partial charge in [-0.25, -0.2) is 4.79 Å². The Morgan fingerprint density at radius 2 is 2.14 bits per heavy atom. The molecular formula is C16H17N3O3. The van der Waals surface area contributed by atoms with E-state index in [1.807, 2.05) is 24.3 Å². The number of nitrogens with zero attached hydrogens (tertiary/aromatic N) is 2. The number of amides is 2. The highest BCUT2D eigenvalue weighted by molar-refractivity contribution is 5.93. The van der Waals surface area contributed by atoms with Crippen molar-refractivity contribution in [3.63, 3.8) is 0 Å². The fourth-order valence-corrected chi connectivity index (χ4v) is 2.73. The second-order valence-corrected chi connectivity index (χ2v) is 5.49. The van der Waals surface area contributed by atoms with Gasteiger partial charge in [-0.05, 0) is 36.4 Å². The predicted molar refractivity (Wildman–Crippen MR) is 82.7 cm³/mol. The van der Waals surface area contributed by atoms with E-state index in [0.29, 0.717) is 25.1 Å². The fourth-order valence-electron chi connectivity index (χ4n) is 2.73. The van der Waals surface area contributed by atoms with E-state index in [-0.39, 0.29) is 12.6 Å². The van der Waals surface area contributed by atoms with Crippen LogP contribution in [0, 0.1) is 5.92 Å². The van der Waals surface area contributed by atoms with E-state index in [0.717, 1.165) is 10.8 Å². The number of benzene rings is 1. The Kier molecular flexibility index (Phi) is 3.91. The lowest BCUT2D eigenvalue weighted by molar-refractivity contribution is -0.143. The van der Waals surface area contributed by atoms with Gasteiger partial charge < -0.3 is 15.3 Å². The molecule has 3 rings (SSSR count). The number of carboxylic acid groups (broad SMARTS) is 1.